The van der Waals surface area contributed by atoms with Gasteiger partial charge in [-0.2, -0.15) is 13.9 Å². The van der Waals surface area contributed by atoms with E-state index in [1.165, 1.54) is 6.92 Å². The van der Waals surface area contributed by atoms with E-state index in [9.17, 15) is 13.6 Å². The standard InChI is InChI=1S/C7H8ClF2N3O/c1-4-5(11-6(14)2-8)3-13(12-4)7(9)10/h3,7H,2H2,1H3,(H,11,14). The molecule has 0 fully saturated rings. The first kappa shape index (κ1) is 10.9. The zero-order valence-electron chi connectivity index (χ0n) is 7.30. The normalized spacial score (nSPS) is 10.6. The molecule has 4 nitrogen and oxygen atoms in total. The Bertz CT molecular complexity index is 340. The molecule has 0 bridgehead atoms. The first-order chi connectivity index (χ1) is 6.54. The Morgan fingerprint density at radius 3 is 2.86 bits per heavy atom. The van der Waals surface area contributed by atoms with Crippen molar-refractivity contribution in [3.8, 4) is 0 Å². The molecule has 0 saturated heterocycles. The number of hydrogen-bond donors (Lipinski definition) is 1. The summed E-state index contributed by atoms with van der Waals surface area (Å²) < 4.78 is 24.8. The molecule has 1 N–H and O–H groups in total. The molecule has 0 aliphatic rings. The quantitative estimate of drug-likeness (QED) is 0.794. The van der Waals surface area contributed by atoms with Gasteiger partial charge in [0.1, 0.15) is 5.88 Å². The summed E-state index contributed by atoms with van der Waals surface area (Å²) in [6.45, 7) is -1.20. The zero-order valence-corrected chi connectivity index (χ0v) is 8.05. The number of alkyl halides is 3. The van der Waals surface area contributed by atoms with Crippen LogP contribution in [0.25, 0.3) is 0 Å². The van der Waals surface area contributed by atoms with Crippen LogP contribution in [0.4, 0.5) is 14.5 Å². The summed E-state index contributed by atoms with van der Waals surface area (Å²) in [6, 6.07) is 0. The minimum absolute atomic E-state index is 0.223. The minimum Gasteiger partial charge on any atom is -0.322 e. The SMILES string of the molecule is Cc1nn(C(F)F)cc1NC(=O)CCl. The number of aromatic nitrogens is 2. The van der Waals surface area contributed by atoms with E-state index in [1.807, 2.05) is 0 Å². The van der Waals surface area contributed by atoms with Crippen molar-refractivity contribution in [1.82, 2.24) is 9.78 Å². The summed E-state index contributed by atoms with van der Waals surface area (Å²) in [6.07, 6.45) is 1.06. The molecular weight excluding hydrogens is 216 g/mol. The first-order valence-corrected chi connectivity index (χ1v) is 4.27. The van der Waals surface area contributed by atoms with Crippen molar-refractivity contribution < 1.29 is 13.6 Å². The lowest BCUT2D eigenvalue weighted by atomic mass is 10.4. The molecule has 0 radical (unpaired) electrons. The number of halogens is 3. The number of amides is 1. The summed E-state index contributed by atoms with van der Waals surface area (Å²) in [5.74, 6) is -0.678. The van der Waals surface area contributed by atoms with Crippen LogP contribution >= 0.6 is 11.6 Å². The first-order valence-electron chi connectivity index (χ1n) is 3.74. The van der Waals surface area contributed by atoms with E-state index in [0.29, 0.717) is 10.4 Å². The van der Waals surface area contributed by atoms with Gasteiger partial charge in [0, 0.05) is 0 Å². The fraction of sp³-hybridized carbons (Fsp3) is 0.429. The van der Waals surface area contributed by atoms with Crippen LogP contribution in [0.3, 0.4) is 0 Å². The lowest BCUT2D eigenvalue weighted by Crippen LogP contribution is -2.12. The monoisotopic (exact) mass is 223 g/mol. The third-order valence-corrected chi connectivity index (χ3v) is 1.75. The maximum atomic E-state index is 12.1. The van der Waals surface area contributed by atoms with Crippen LogP contribution in [0.5, 0.6) is 0 Å². The molecule has 14 heavy (non-hydrogen) atoms. The van der Waals surface area contributed by atoms with Crippen molar-refractivity contribution in [2.45, 2.75) is 13.5 Å². The van der Waals surface area contributed by atoms with Crippen molar-refractivity contribution in [2.75, 3.05) is 11.2 Å². The average Bonchev–Trinajstić information content (AvgIpc) is 2.48. The number of rotatable bonds is 3. The van der Waals surface area contributed by atoms with Crippen molar-refractivity contribution in [3.05, 3.63) is 11.9 Å². The number of anilines is 1. The summed E-state index contributed by atoms with van der Waals surface area (Å²) in [5.41, 5.74) is 0.569. The van der Waals surface area contributed by atoms with Gasteiger partial charge in [-0.15, -0.1) is 11.6 Å². The van der Waals surface area contributed by atoms with Crippen LogP contribution in [-0.2, 0) is 4.79 Å². The van der Waals surface area contributed by atoms with Gasteiger partial charge in [0.25, 0.3) is 0 Å². The van der Waals surface area contributed by atoms with E-state index in [0.717, 1.165) is 6.20 Å². The topological polar surface area (TPSA) is 46.9 Å². The summed E-state index contributed by atoms with van der Waals surface area (Å²) >= 11 is 5.24. The third kappa shape index (κ3) is 2.41. The molecule has 1 aromatic heterocycles. The van der Waals surface area contributed by atoms with Gasteiger partial charge in [-0.25, -0.2) is 4.68 Å². The minimum atomic E-state index is -2.71. The lowest BCUT2D eigenvalue weighted by Gasteiger charge is -1.98. The summed E-state index contributed by atoms with van der Waals surface area (Å²) in [4.78, 5) is 10.8. The Kier molecular flexibility index (Phi) is 3.40. The Balaban J connectivity index is 2.82. The Hall–Kier alpha value is -1.17. The molecule has 7 heteroatoms. The second-order valence-electron chi connectivity index (χ2n) is 2.57. The number of carbonyl (C=O) groups is 1. The molecule has 0 unspecified atom stereocenters. The largest absolute Gasteiger partial charge is 0.333 e. The van der Waals surface area contributed by atoms with Gasteiger partial charge in [0.15, 0.2) is 0 Å². The van der Waals surface area contributed by atoms with Crippen LogP contribution in [0.1, 0.15) is 12.2 Å². The van der Waals surface area contributed by atoms with E-state index in [4.69, 9.17) is 11.6 Å². The summed E-state index contributed by atoms with van der Waals surface area (Å²) in [5, 5.41) is 5.85. The van der Waals surface area contributed by atoms with Gasteiger partial charge >= 0.3 is 6.55 Å². The van der Waals surface area contributed by atoms with E-state index in [1.54, 1.807) is 0 Å². The van der Waals surface area contributed by atoms with E-state index < -0.39 is 12.5 Å². The van der Waals surface area contributed by atoms with Gasteiger partial charge in [0.2, 0.25) is 5.91 Å². The van der Waals surface area contributed by atoms with Crippen molar-refractivity contribution in [1.29, 1.82) is 0 Å². The molecule has 1 aromatic rings. The highest BCUT2D eigenvalue weighted by Crippen LogP contribution is 2.17. The van der Waals surface area contributed by atoms with Crippen LogP contribution < -0.4 is 5.32 Å². The number of nitrogens with zero attached hydrogens (tertiary/aromatic N) is 2. The maximum Gasteiger partial charge on any atom is 0.333 e. The van der Waals surface area contributed by atoms with Crippen LogP contribution in [-0.4, -0.2) is 21.6 Å². The third-order valence-electron chi connectivity index (χ3n) is 1.51. The van der Waals surface area contributed by atoms with E-state index in [2.05, 4.69) is 10.4 Å². The Labute approximate surface area is 83.8 Å². The predicted molar refractivity (Wildman–Crippen MR) is 47.6 cm³/mol. The maximum absolute atomic E-state index is 12.1. The average molecular weight is 224 g/mol. The fourth-order valence-electron chi connectivity index (χ4n) is 0.888. The van der Waals surface area contributed by atoms with Gasteiger partial charge in [0.05, 0.1) is 17.6 Å². The molecule has 0 aliphatic heterocycles. The summed E-state index contributed by atoms with van der Waals surface area (Å²) in [7, 11) is 0. The Morgan fingerprint density at radius 2 is 2.43 bits per heavy atom. The number of hydrogen-bond acceptors (Lipinski definition) is 2. The van der Waals surface area contributed by atoms with Crippen molar-refractivity contribution >= 4 is 23.2 Å². The number of nitrogens with one attached hydrogen (secondary N) is 1. The molecule has 0 aliphatic carbocycles. The molecule has 0 spiro atoms. The Morgan fingerprint density at radius 1 is 1.79 bits per heavy atom. The fourth-order valence-corrected chi connectivity index (χ4v) is 0.955. The molecule has 1 rings (SSSR count). The number of carbonyl (C=O) groups excluding carboxylic acids is 1. The van der Waals surface area contributed by atoms with Crippen LogP contribution in [0, 0.1) is 6.92 Å². The van der Waals surface area contributed by atoms with Crippen molar-refractivity contribution in [2.24, 2.45) is 0 Å². The van der Waals surface area contributed by atoms with Crippen LogP contribution in [0.2, 0.25) is 0 Å². The molecular formula is C7H8ClF2N3O. The smallest absolute Gasteiger partial charge is 0.322 e. The van der Waals surface area contributed by atoms with Crippen molar-refractivity contribution in [3.63, 3.8) is 0 Å². The predicted octanol–water partition coefficient (Wildman–Crippen LogP) is 1.76. The molecule has 0 aromatic carbocycles. The highest BCUT2D eigenvalue weighted by atomic mass is 35.5. The second-order valence-corrected chi connectivity index (χ2v) is 2.83. The molecule has 78 valence electrons. The molecule has 0 atom stereocenters. The highest BCUT2D eigenvalue weighted by Gasteiger charge is 2.12. The number of aryl methyl sites for hydroxylation is 1. The molecule has 1 amide bonds. The highest BCUT2D eigenvalue weighted by molar-refractivity contribution is 6.29. The van der Waals surface area contributed by atoms with Gasteiger partial charge in [-0.05, 0) is 6.92 Å². The van der Waals surface area contributed by atoms with Gasteiger partial charge in [-0.3, -0.25) is 4.79 Å². The van der Waals surface area contributed by atoms with Gasteiger partial charge < -0.3 is 5.32 Å². The molecule has 0 saturated carbocycles. The van der Waals surface area contributed by atoms with E-state index in [-0.39, 0.29) is 11.6 Å². The lowest BCUT2D eigenvalue weighted by molar-refractivity contribution is -0.113. The second kappa shape index (κ2) is 4.36. The van der Waals surface area contributed by atoms with Crippen LogP contribution in [0.15, 0.2) is 6.20 Å². The zero-order chi connectivity index (χ0) is 10.7. The van der Waals surface area contributed by atoms with Gasteiger partial charge in [-0.1, -0.05) is 0 Å². The van der Waals surface area contributed by atoms with E-state index >= 15 is 0 Å². The molecule has 1 heterocycles.